The summed E-state index contributed by atoms with van der Waals surface area (Å²) in [6.07, 6.45) is 1.98. The van der Waals surface area contributed by atoms with Gasteiger partial charge in [-0.1, -0.05) is 28.9 Å². The zero-order valence-electron chi connectivity index (χ0n) is 9.75. The standard InChI is InChI=1S/C11H9ClN2O4S/c1-19(16,17)14-11(15)9-6-18-13-10(9)7-2-4-8(12)5-3-7/h2-6H,1H3,(H,14,15). The number of halogens is 1. The van der Waals surface area contributed by atoms with E-state index in [-0.39, 0.29) is 11.3 Å². The second-order valence-corrected chi connectivity index (χ2v) is 5.97. The summed E-state index contributed by atoms with van der Waals surface area (Å²) in [5.74, 6) is -0.797. The molecule has 100 valence electrons. The molecule has 0 atom stereocenters. The highest BCUT2D eigenvalue weighted by Gasteiger charge is 2.19. The maximum absolute atomic E-state index is 11.8. The summed E-state index contributed by atoms with van der Waals surface area (Å²) in [6.45, 7) is 0. The molecule has 0 aliphatic rings. The fraction of sp³-hybridized carbons (Fsp3) is 0.0909. The van der Waals surface area contributed by atoms with E-state index in [9.17, 15) is 13.2 Å². The molecule has 1 aromatic heterocycles. The summed E-state index contributed by atoms with van der Waals surface area (Å²) in [7, 11) is -3.65. The first kappa shape index (κ1) is 13.6. The van der Waals surface area contributed by atoms with Gasteiger partial charge >= 0.3 is 0 Å². The van der Waals surface area contributed by atoms with Crippen molar-refractivity contribution in [3.05, 3.63) is 41.1 Å². The first-order valence-electron chi connectivity index (χ1n) is 5.09. The Morgan fingerprint density at radius 3 is 2.53 bits per heavy atom. The highest BCUT2D eigenvalue weighted by atomic mass is 35.5. The smallest absolute Gasteiger partial charge is 0.270 e. The second kappa shape index (κ2) is 5.02. The molecule has 6 nitrogen and oxygen atoms in total. The van der Waals surface area contributed by atoms with E-state index < -0.39 is 15.9 Å². The molecule has 19 heavy (non-hydrogen) atoms. The number of benzene rings is 1. The molecule has 0 aliphatic carbocycles. The van der Waals surface area contributed by atoms with Crippen molar-refractivity contribution in [2.75, 3.05) is 6.26 Å². The lowest BCUT2D eigenvalue weighted by Gasteiger charge is -2.02. The fourth-order valence-corrected chi connectivity index (χ4v) is 2.01. The lowest BCUT2D eigenvalue weighted by Crippen LogP contribution is -2.29. The quantitative estimate of drug-likeness (QED) is 0.931. The minimum atomic E-state index is -3.65. The number of carbonyl (C=O) groups is 1. The Balaban J connectivity index is 2.37. The Kier molecular flexibility index (Phi) is 3.59. The van der Waals surface area contributed by atoms with E-state index in [1.165, 1.54) is 0 Å². The van der Waals surface area contributed by atoms with Crippen LogP contribution in [0.2, 0.25) is 5.02 Å². The molecular formula is C11H9ClN2O4S. The van der Waals surface area contributed by atoms with Gasteiger partial charge in [-0.05, 0) is 12.1 Å². The zero-order chi connectivity index (χ0) is 14.0. The Morgan fingerprint density at radius 1 is 1.32 bits per heavy atom. The third-order valence-corrected chi connectivity index (χ3v) is 3.02. The number of aromatic nitrogens is 1. The van der Waals surface area contributed by atoms with Crippen LogP contribution in [-0.4, -0.2) is 25.7 Å². The van der Waals surface area contributed by atoms with Gasteiger partial charge in [-0.3, -0.25) is 4.79 Å². The lowest BCUT2D eigenvalue weighted by atomic mass is 10.1. The van der Waals surface area contributed by atoms with Crippen LogP contribution in [0.15, 0.2) is 35.1 Å². The van der Waals surface area contributed by atoms with Crippen LogP contribution in [0, 0.1) is 0 Å². The molecule has 8 heteroatoms. The number of nitrogens with one attached hydrogen (secondary N) is 1. The van der Waals surface area contributed by atoms with Crippen LogP contribution < -0.4 is 4.72 Å². The van der Waals surface area contributed by atoms with Crippen molar-refractivity contribution in [1.82, 2.24) is 9.88 Å². The van der Waals surface area contributed by atoms with Crippen LogP contribution in [0.1, 0.15) is 10.4 Å². The van der Waals surface area contributed by atoms with Crippen LogP contribution in [0.3, 0.4) is 0 Å². The van der Waals surface area contributed by atoms with Crippen molar-refractivity contribution < 1.29 is 17.7 Å². The topological polar surface area (TPSA) is 89.3 Å². The number of rotatable bonds is 3. The van der Waals surface area contributed by atoms with Gasteiger partial charge in [0, 0.05) is 10.6 Å². The number of hydrogen-bond donors (Lipinski definition) is 1. The number of nitrogens with zero attached hydrogens (tertiary/aromatic N) is 1. The van der Waals surface area contributed by atoms with E-state index in [1.54, 1.807) is 24.3 Å². The first-order valence-corrected chi connectivity index (χ1v) is 7.36. The zero-order valence-corrected chi connectivity index (χ0v) is 11.3. The average molecular weight is 301 g/mol. The Morgan fingerprint density at radius 2 is 1.95 bits per heavy atom. The van der Waals surface area contributed by atoms with Gasteiger partial charge in [0.25, 0.3) is 5.91 Å². The van der Waals surface area contributed by atoms with Gasteiger partial charge < -0.3 is 4.52 Å². The van der Waals surface area contributed by atoms with Crippen LogP contribution in [0.5, 0.6) is 0 Å². The minimum absolute atomic E-state index is 0.0350. The third kappa shape index (κ3) is 3.33. The van der Waals surface area contributed by atoms with Gasteiger partial charge in [-0.15, -0.1) is 0 Å². The molecule has 0 unspecified atom stereocenters. The Hall–Kier alpha value is -1.86. The van der Waals surface area contributed by atoms with Crippen LogP contribution in [0.4, 0.5) is 0 Å². The van der Waals surface area contributed by atoms with E-state index in [1.807, 2.05) is 4.72 Å². The Bertz CT molecular complexity index is 707. The van der Waals surface area contributed by atoms with E-state index in [2.05, 4.69) is 5.16 Å². The van der Waals surface area contributed by atoms with Crippen LogP contribution in [-0.2, 0) is 10.0 Å². The molecule has 0 saturated carbocycles. The molecular weight excluding hydrogens is 292 g/mol. The molecule has 2 aromatic rings. The lowest BCUT2D eigenvalue weighted by molar-refractivity contribution is 0.0981. The van der Waals surface area contributed by atoms with Gasteiger partial charge in [0.2, 0.25) is 10.0 Å². The summed E-state index contributed by atoms with van der Waals surface area (Å²) in [5, 5.41) is 4.23. The fourth-order valence-electron chi connectivity index (χ4n) is 1.44. The third-order valence-electron chi connectivity index (χ3n) is 2.21. The summed E-state index contributed by atoms with van der Waals surface area (Å²) < 4.78 is 28.6. The molecule has 1 N–H and O–H groups in total. The minimum Gasteiger partial charge on any atom is -0.363 e. The van der Waals surface area contributed by atoms with Gasteiger partial charge in [0.1, 0.15) is 17.5 Å². The van der Waals surface area contributed by atoms with Crippen molar-refractivity contribution in [3.8, 4) is 11.3 Å². The van der Waals surface area contributed by atoms with Gasteiger partial charge in [0.05, 0.1) is 6.26 Å². The van der Waals surface area contributed by atoms with Crippen LogP contribution in [0.25, 0.3) is 11.3 Å². The first-order chi connectivity index (χ1) is 8.87. The molecule has 1 aromatic carbocycles. The second-order valence-electron chi connectivity index (χ2n) is 3.79. The molecule has 0 aliphatic heterocycles. The molecule has 2 rings (SSSR count). The van der Waals surface area contributed by atoms with E-state index in [4.69, 9.17) is 16.1 Å². The molecule has 0 fully saturated rings. The maximum atomic E-state index is 11.8. The summed E-state index contributed by atoms with van der Waals surface area (Å²) in [6, 6.07) is 6.56. The number of carbonyl (C=O) groups excluding carboxylic acids is 1. The highest BCUT2D eigenvalue weighted by molar-refractivity contribution is 7.89. The van der Waals surface area contributed by atoms with Crippen molar-refractivity contribution >= 4 is 27.5 Å². The Labute approximate surface area is 114 Å². The largest absolute Gasteiger partial charge is 0.363 e. The highest BCUT2D eigenvalue weighted by Crippen LogP contribution is 2.23. The molecule has 1 amide bonds. The maximum Gasteiger partial charge on any atom is 0.270 e. The monoisotopic (exact) mass is 300 g/mol. The van der Waals surface area contributed by atoms with E-state index in [0.717, 1.165) is 12.5 Å². The number of sulfonamides is 1. The van der Waals surface area contributed by atoms with E-state index in [0.29, 0.717) is 10.6 Å². The average Bonchev–Trinajstić information content (AvgIpc) is 2.76. The van der Waals surface area contributed by atoms with Gasteiger partial charge in [0.15, 0.2) is 0 Å². The van der Waals surface area contributed by atoms with Gasteiger partial charge in [-0.25, -0.2) is 13.1 Å². The summed E-state index contributed by atoms with van der Waals surface area (Å²) in [5.41, 5.74) is 0.877. The van der Waals surface area contributed by atoms with Crippen LogP contribution >= 0.6 is 11.6 Å². The van der Waals surface area contributed by atoms with Crippen molar-refractivity contribution in [2.24, 2.45) is 0 Å². The SMILES string of the molecule is CS(=O)(=O)NC(=O)c1conc1-c1ccc(Cl)cc1. The molecule has 0 spiro atoms. The molecule has 0 radical (unpaired) electrons. The van der Waals surface area contributed by atoms with Gasteiger partial charge in [-0.2, -0.15) is 0 Å². The molecule has 0 bridgehead atoms. The van der Waals surface area contributed by atoms with Crippen molar-refractivity contribution in [2.45, 2.75) is 0 Å². The van der Waals surface area contributed by atoms with Crippen molar-refractivity contribution in [3.63, 3.8) is 0 Å². The summed E-state index contributed by atoms with van der Waals surface area (Å²) in [4.78, 5) is 11.8. The van der Waals surface area contributed by atoms with E-state index >= 15 is 0 Å². The summed E-state index contributed by atoms with van der Waals surface area (Å²) >= 11 is 5.76. The predicted octanol–water partition coefficient (Wildman–Crippen LogP) is 1.68. The molecule has 0 saturated heterocycles. The predicted molar refractivity (Wildman–Crippen MR) is 69.3 cm³/mol. The van der Waals surface area contributed by atoms with Crippen molar-refractivity contribution in [1.29, 1.82) is 0 Å². The normalized spacial score (nSPS) is 11.3. The number of hydrogen-bond acceptors (Lipinski definition) is 5. The number of amides is 1. The molecule has 1 heterocycles.